The number of carboxylic acid groups (broad SMARTS) is 1. The summed E-state index contributed by atoms with van der Waals surface area (Å²) in [6.45, 7) is 8.22. The van der Waals surface area contributed by atoms with Crippen molar-refractivity contribution >= 4 is 22.9 Å². The molecule has 0 saturated heterocycles. The molecule has 2 aromatic rings. The Hall–Kier alpha value is -2.36. The van der Waals surface area contributed by atoms with Crippen LogP contribution in [0.15, 0.2) is 29.1 Å². The lowest BCUT2D eigenvalue weighted by atomic mass is 9.85. The number of aryl methyl sites for hydroxylation is 1. The standard InChI is InChI=1S/C17H19NO3/c1-10-12(6-8-15(19)20)16(21)18-14-7-5-11(9-13(10)14)17(2,3)4/h5-9H,1-4H3,(H,18,21)(H,19,20)/b8-6+. The number of carbonyl (C=O) groups is 1. The van der Waals surface area contributed by atoms with Gasteiger partial charge in [-0.15, -0.1) is 0 Å². The van der Waals surface area contributed by atoms with Crippen LogP contribution in [-0.4, -0.2) is 16.1 Å². The number of aromatic nitrogens is 1. The summed E-state index contributed by atoms with van der Waals surface area (Å²) in [7, 11) is 0. The molecule has 0 radical (unpaired) electrons. The highest BCUT2D eigenvalue weighted by atomic mass is 16.4. The molecular weight excluding hydrogens is 266 g/mol. The number of aliphatic carboxylic acids is 1. The predicted octanol–water partition coefficient (Wildman–Crippen LogP) is 3.23. The van der Waals surface area contributed by atoms with Crippen LogP contribution in [0.5, 0.6) is 0 Å². The number of aromatic amines is 1. The van der Waals surface area contributed by atoms with Crippen LogP contribution in [0.25, 0.3) is 17.0 Å². The Labute approximate surface area is 123 Å². The summed E-state index contributed by atoms with van der Waals surface area (Å²) in [5.74, 6) is -1.07. The summed E-state index contributed by atoms with van der Waals surface area (Å²) >= 11 is 0. The summed E-state index contributed by atoms with van der Waals surface area (Å²) in [4.78, 5) is 25.5. The fourth-order valence-electron chi connectivity index (χ4n) is 2.29. The zero-order valence-corrected chi connectivity index (χ0v) is 12.7. The van der Waals surface area contributed by atoms with Crippen molar-refractivity contribution in [1.82, 2.24) is 4.98 Å². The minimum absolute atomic E-state index is 0.00777. The molecule has 0 saturated carbocycles. The van der Waals surface area contributed by atoms with Gasteiger partial charge in [0.2, 0.25) is 0 Å². The number of hydrogen-bond acceptors (Lipinski definition) is 2. The number of nitrogens with one attached hydrogen (secondary N) is 1. The molecule has 0 aliphatic rings. The van der Waals surface area contributed by atoms with Crippen molar-refractivity contribution in [2.45, 2.75) is 33.1 Å². The Bertz CT molecular complexity index is 792. The second-order valence-corrected chi connectivity index (χ2v) is 6.17. The minimum atomic E-state index is -1.07. The Morgan fingerprint density at radius 3 is 2.52 bits per heavy atom. The number of carboxylic acids is 1. The Balaban J connectivity index is 2.73. The lowest BCUT2D eigenvalue weighted by molar-refractivity contribution is -0.131. The third kappa shape index (κ3) is 3.05. The smallest absolute Gasteiger partial charge is 0.328 e. The summed E-state index contributed by atoms with van der Waals surface area (Å²) in [6, 6.07) is 5.96. The molecular formula is C17H19NO3. The van der Waals surface area contributed by atoms with E-state index >= 15 is 0 Å². The van der Waals surface area contributed by atoms with Crippen LogP contribution >= 0.6 is 0 Å². The van der Waals surface area contributed by atoms with E-state index in [-0.39, 0.29) is 11.0 Å². The van der Waals surface area contributed by atoms with Gasteiger partial charge < -0.3 is 10.1 Å². The summed E-state index contributed by atoms with van der Waals surface area (Å²) < 4.78 is 0. The topological polar surface area (TPSA) is 70.2 Å². The van der Waals surface area contributed by atoms with Gasteiger partial charge in [-0.25, -0.2) is 4.79 Å². The van der Waals surface area contributed by atoms with Gasteiger partial charge in [-0.1, -0.05) is 26.8 Å². The molecule has 1 heterocycles. The largest absolute Gasteiger partial charge is 0.478 e. The van der Waals surface area contributed by atoms with Gasteiger partial charge in [-0.3, -0.25) is 4.79 Å². The first-order chi connectivity index (χ1) is 9.70. The van der Waals surface area contributed by atoms with Crippen molar-refractivity contribution in [3.63, 3.8) is 0 Å². The lowest BCUT2D eigenvalue weighted by Crippen LogP contribution is -2.14. The van der Waals surface area contributed by atoms with E-state index in [2.05, 4.69) is 31.8 Å². The molecule has 4 heteroatoms. The van der Waals surface area contributed by atoms with Crippen molar-refractivity contribution in [2.75, 3.05) is 0 Å². The van der Waals surface area contributed by atoms with E-state index < -0.39 is 5.97 Å². The molecule has 21 heavy (non-hydrogen) atoms. The maximum absolute atomic E-state index is 12.0. The summed E-state index contributed by atoms with van der Waals surface area (Å²) in [6.07, 6.45) is 2.33. The van der Waals surface area contributed by atoms with Crippen molar-refractivity contribution in [3.05, 3.63) is 51.3 Å². The normalized spacial score (nSPS) is 12.2. The van der Waals surface area contributed by atoms with Gasteiger partial charge in [-0.05, 0) is 41.7 Å². The Kier molecular flexibility index (Phi) is 3.73. The molecule has 1 aromatic heterocycles. The van der Waals surface area contributed by atoms with Crippen LogP contribution in [0.4, 0.5) is 0 Å². The van der Waals surface area contributed by atoms with Crippen LogP contribution in [0.1, 0.15) is 37.5 Å². The number of benzene rings is 1. The van der Waals surface area contributed by atoms with Crippen LogP contribution in [0, 0.1) is 6.92 Å². The highest BCUT2D eigenvalue weighted by Crippen LogP contribution is 2.27. The van der Waals surface area contributed by atoms with E-state index in [1.165, 1.54) is 11.6 Å². The zero-order chi connectivity index (χ0) is 15.8. The third-order valence-electron chi connectivity index (χ3n) is 3.58. The number of hydrogen-bond donors (Lipinski definition) is 2. The van der Waals surface area contributed by atoms with Gasteiger partial charge in [0.1, 0.15) is 0 Å². The van der Waals surface area contributed by atoms with Gasteiger partial charge in [0.25, 0.3) is 5.56 Å². The van der Waals surface area contributed by atoms with E-state index in [1.54, 1.807) is 0 Å². The molecule has 0 spiro atoms. The number of rotatable bonds is 2. The molecule has 0 unspecified atom stereocenters. The fourth-order valence-corrected chi connectivity index (χ4v) is 2.29. The molecule has 1 aromatic carbocycles. The van der Waals surface area contributed by atoms with Crippen molar-refractivity contribution < 1.29 is 9.90 Å². The van der Waals surface area contributed by atoms with E-state index in [9.17, 15) is 9.59 Å². The van der Waals surface area contributed by atoms with E-state index in [4.69, 9.17) is 5.11 Å². The maximum atomic E-state index is 12.0. The second-order valence-electron chi connectivity index (χ2n) is 6.17. The molecule has 0 amide bonds. The van der Waals surface area contributed by atoms with E-state index in [0.717, 1.165) is 22.5 Å². The zero-order valence-electron chi connectivity index (χ0n) is 12.7. The average Bonchev–Trinajstić information content (AvgIpc) is 2.36. The first kappa shape index (κ1) is 15.0. The molecule has 0 aliphatic heterocycles. The Morgan fingerprint density at radius 2 is 1.95 bits per heavy atom. The number of fused-ring (bicyclic) bond motifs is 1. The van der Waals surface area contributed by atoms with Crippen molar-refractivity contribution in [1.29, 1.82) is 0 Å². The minimum Gasteiger partial charge on any atom is -0.478 e. The molecule has 4 nitrogen and oxygen atoms in total. The van der Waals surface area contributed by atoms with Crippen molar-refractivity contribution in [3.8, 4) is 0 Å². The van der Waals surface area contributed by atoms with Gasteiger partial charge in [0, 0.05) is 22.5 Å². The van der Waals surface area contributed by atoms with Crippen molar-refractivity contribution in [2.24, 2.45) is 0 Å². The van der Waals surface area contributed by atoms with E-state index in [1.807, 2.05) is 19.1 Å². The SMILES string of the molecule is Cc1c(/C=C/C(=O)O)c(=O)[nH]c2ccc(C(C)(C)C)cc12. The van der Waals surface area contributed by atoms with Crippen LogP contribution in [0.3, 0.4) is 0 Å². The Morgan fingerprint density at radius 1 is 1.29 bits per heavy atom. The first-order valence-electron chi connectivity index (χ1n) is 6.78. The van der Waals surface area contributed by atoms with Crippen LogP contribution in [0.2, 0.25) is 0 Å². The fraction of sp³-hybridized carbons (Fsp3) is 0.294. The molecule has 0 atom stereocenters. The number of H-pyrrole nitrogens is 1. The van der Waals surface area contributed by atoms with Gasteiger partial charge in [0.05, 0.1) is 0 Å². The molecule has 0 bridgehead atoms. The summed E-state index contributed by atoms with van der Waals surface area (Å²) in [5, 5.41) is 9.66. The lowest BCUT2D eigenvalue weighted by Gasteiger charge is -2.20. The molecule has 0 aliphatic carbocycles. The highest BCUT2D eigenvalue weighted by Gasteiger charge is 2.15. The second kappa shape index (κ2) is 5.20. The first-order valence-corrected chi connectivity index (χ1v) is 6.78. The third-order valence-corrected chi connectivity index (χ3v) is 3.58. The predicted molar refractivity (Wildman–Crippen MR) is 84.7 cm³/mol. The average molecular weight is 285 g/mol. The van der Waals surface area contributed by atoms with Gasteiger partial charge in [-0.2, -0.15) is 0 Å². The molecule has 2 rings (SSSR count). The van der Waals surface area contributed by atoms with Gasteiger partial charge >= 0.3 is 5.97 Å². The number of pyridine rings is 1. The monoisotopic (exact) mass is 285 g/mol. The molecule has 0 fully saturated rings. The van der Waals surface area contributed by atoms with E-state index in [0.29, 0.717) is 5.56 Å². The molecule has 2 N–H and O–H groups in total. The molecule has 110 valence electrons. The summed E-state index contributed by atoms with van der Waals surface area (Å²) in [5.41, 5.74) is 2.83. The van der Waals surface area contributed by atoms with Crippen LogP contribution < -0.4 is 5.56 Å². The van der Waals surface area contributed by atoms with Gasteiger partial charge in [0.15, 0.2) is 0 Å². The highest BCUT2D eigenvalue weighted by molar-refractivity contribution is 5.89. The maximum Gasteiger partial charge on any atom is 0.328 e. The quantitative estimate of drug-likeness (QED) is 0.832. The van der Waals surface area contributed by atoms with Crippen LogP contribution in [-0.2, 0) is 10.2 Å².